The lowest BCUT2D eigenvalue weighted by Crippen LogP contribution is -2.51. The molecule has 0 aliphatic carbocycles. The third-order valence-electron chi connectivity index (χ3n) is 18.9. The van der Waals surface area contributed by atoms with Crippen LogP contribution >= 0.6 is 64.8 Å². The van der Waals surface area contributed by atoms with Gasteiger partial charge in [-0.25, -0.2) is 21.3 Å². The number of nitrogens with two attached hydrogens (primary N) is 2. The number of hydrogen-bond acceptors (Lipinski definition) is 20. The predicted octanol–water partition coefficient (Wildman–Crippen LogP) is 15.6. The number of guanidine groups is 1. The quantitative estimate of drug-likeness (QED) is 0.00884. The Morgan fingerprint density at radius 1 is 0.278 bits per heavy atom. The van der Waals surface area contributed by atoms with Crippen molar-refractivity contribution in [3.63, 3.8) is 0 Å². The Hall–Kier alpha value is -4.92. The van der Waals surface area contributed by atoms with Gasteiger partial charge in [0, 0.05) is 70.8 Å². The highest BCUT2D eigenvalue weighted by Gasteiger charge is 2.27. The highest BCUT2D eigenvalue weighted by molar-refractivity contribution is 8.77. The van der Waals surface area contributed by atoms with Crippen LogP contribution in [0, 0.1) is 0 Å². The zero-order valence-electron chi connectivity index (χ0n) is 71.1. The monoisotopic (exact) mass is 1730 g/mol. The van der Waals surface area contributed by atoms with E-state index in [4.69, 9.17) is 11.5 Å². The molecule has 0 saturated carbocycles. The molecule has 0 aromatic rings. The standard InChI is InChI=1S/C83H156N16O10S6/c1-4-7-10-13-16-19-22-25-28-31-34-37-40-43-46-49-56-92-97-78(105)68-113-110-65-75(102)88-61-59-86-73(100)54-52-71(81(108)91-64-63-90-77(104)67-112-115-70-80(107)99-94-58-51-48-45-42-39-36-33-30-27-24-21-18-15-12-9-6-3)95-82(109)72(96-83(84)85)53-55-74(101)87-60-62-89-76(103)66-111-114-69-79(106)98-93-57-50-47-44-41-38-35-32-29-26-23-20-17-14-11-8-5-2/h56-58,71-72H,4-55,59-70H2,1-3H3,(H,86,100)(H,87,101)(H,88,102)(H,89,103)(H,90,104)(H,91,108)(H,95,109)(H,97,105)(H,98,106)(H,99,107)(H4,84,85,96)/b92-56-,93-57-,94-58-/t71-,72-/m0/s1. The van der Waals surface area contributed by atoms with Crippen LogP contribution < -0.4 is 65.0 Å². The van der Waals surface area contributed by atoms with Gasteiger partial charge in [0.2, 0.25) is 41.4 Å². The smallest absolute Gasteiger partial charge is 0.250 e. The van der Waals surface area contributed by atoms with E-state index in [1.54, 1.807) is 18.6 Å². The van der Waals surface area contributed by atoms with Gasteiger partial charge in [0.25, 0.3) is 17.7 Å². The van der Waals surface area contributed by atoms with Crippen molar-refractivity contribution in [3.8, 4) is 0 Å². The van der Waals surface area contributed by atoms with E-state index in [-0.39, 0.29) is 135 Å². The average molecular weight is 1730 g/mol. The lowest BCUT2D eigenvalue weighted by atomic mass is 10.0. The van der Waals surface area contributed by atoms with E-state index in [1.807, 2.05) is 0 Å². The Kier molecular flexibility index (Phi) is 83.2. The molecule has 10 amide bonds. The van der Waals surface area contributed by atoms with E-state index < -0.39 is 41.7 Å². The molecule has 0 spiro atoms. The van der Waals surface area contributed by atoms with Gasteiger partial charge in [0.1, 0.15) is 12.1 Å². The number of hydrazone groups is 3. The molecular formula is C83H156N16O10S6. The van der Waals surface area contributed by atoms with Crippen molar-refractivity contribution >= 4 is 148 Å². The maximum absolute atomic E-state index is 13.8. The lowest BCUT2D eigenvalue weighted by molar-refractivity contribution is -0.130. The van der Waals surface area contributed by atoms with Gasteiger partial charge in [0.15, 0.2) is 5.96 Å². The molecule has 115 heavy (non-hydrogen) atoms. The molecule has 32 heteroatoms. The normalized spacial score (nSPS) is 11.9. The van der Waals surface area contributed by atoms with E-state index >= 15 is 0 Å². The van der Waals surface area contributed by atoms with Crippen LogP contribution in [0.3, 0.4) is 0 Å². The fourth-order valence-corrected chi connectivity index (χ4v) is 17.3. The summed E-state index contributed by atoms with van der Waals surface area (Å²) in [5, 5.41) is 31.0. The number of hydrogen-bond donors (Lipinski definition) is 12. The van der Waals surface area contributed by atoms with Crippen molar-refractivity contribution in [2.24, 2.45) is 31.8 Å². The second-order valence-corrected chi connectivity index (χ2v) is 37.0. The molecule has 26 nitrogen and oxygen atoms in total. The summed E-state index contributed by atoms with van der Waals surface area (Å²) in [5.41, 5.74) is 19.0. The maximum Gasteiger partial charge on any atom is 0.250 e. The number of aliphatic imine (C=N–C) groups is 1. The third-order valence-corrected chi connectivity index (χ3v) is 25.3. The first-order chi connectivity index (χ1) is 56.1. The fraction of sp³-hybridized carbons (Fsp3) is 0.831. The molecular weight excluding hydrogens is 1570 g/mol. The van der Waals surface area contributed by atoms with Crippen molar-refractivity contribution in [2.45, 2.75) is 367 Å². The first kappa shape index (κ1) is 110. The van der Waals surface area contributed by atoms with Crippen LogP contribution in [0.15, 0.2) is 20.3 Å². The van der Waals surface area contributed by atoms with E-state index in [0.29, 0.717) is 0 Å². The van der Waals surface area contributed by atoms with Crippen LogP contribution in [0.2, 0.25) is 0 Å². The SMILES string of the molecule is CCCCCCCCCCCCCCCCC/C=N\NC(=O)CSSCC(=O)NCCNC(=O)CC[C@H](N=C(N)N)C(=O)N[C@@H](CCC(=O)NCCNC(=O)CSSCC(=O)N/N=C\CCCCCCCCCCCCCCCCC)C(=O)NCCNC(=O)CSSCC(=O)N/N=C\CCCCCCCCCCCCCCCCC. The topological polar surface area (TPSA) is 392 Å². The van der Waals surface area contributed by atoms with E-state index in [9.17, 15) is 47.9 Å². The molecule has 0 aliphatic rings. The molecule has 0 fully saturated rings. The van der Waals surface area contributed by atoms with Crippen molar-refractivity contribution in [2.75, 3.05) is 73.8 Å². The number of carbonyl (C=O) groups excluding carboxylic acids is 10. The average Bonchev–Trinajstić information content (AvgIpc) is 0.878. The summed E-state index contributed by atoms with van der Waals surface area (Å²) >= 11 is 0. The first-order valence-corrected chi connectivity index (χ1v) is 51.7. The van der Waals surface area contributed by atoms with Crippen molar-refractivity contribution < 1.29 is 47.9 Å². The van der Waals surface area contributed by atoms with Crippen LogP contribution in [0.25, 0.3) is 0 Å². The molecule has 0 saturated heterocycles. The molecule has 0 aliphatic heterocycles. The van der Waals surface area contributed by atoms with Crippen LogP contribution in [-0.4, -0.2) is 170 Å². The summed E-state index contributed by atoms with van der Waals surface area (Å²) in [5.74, 6) is -4.21. The van der Waals surface area contributed by atoms with Gasteiger partial charge < -0.3 is 48.7 Å². The van der Waals surface area contributed by atoms with Gasteiger partial charge in [-0.2, -0.15) is 15.3 Å². The van der Waals surface area contributed by atoms with Crippen LogP contribution in [0.1, 0.15) is 355 Å². The number of amides is 10. The zero-order chi connectivity index (χ0) is 84.0. The molecule has 664 valence electrons. The van der Waals surface area contributed by atoms with Gasteiger partial charge in [-0.3, -0.25) is 47.9 Å². The minimum Gasteiger partial charge on any atom is -0.370 e. The minimum absolute atomic E-state index is 0.0159. The Balaban J connectivity index is 4.98. The molecule has 0 aromatic heterocycles. The number of nitrogens with zero attached hydrogens (tertiary/aromatic N) is 4. The first-order valence-electron chi connectivity index (χ1n) is 44.3. The Morgan fingerprint density at radius 2 is 0.504 bits per heavy atom. The molecule has 0 heterocycles. The molecule has 0 aromatic carbocycles. The second kappa shape index (κ2) is 86.9. The van der Waals surface area contributed by atoms with Crippen molar-refractivity contribution in [3.05, 3.63) is 0 Å². The Labute approximate surface area is 717 Å². The largest absolute Gasteiger partial charge is 0.370 e. The fourth-order valence-electron chi connectivity index (χ4n) is 12.2. The number of rotatable bonds is 85. The predicted molar refractivity (Wildman–Crippen MR) is 491 cm³/mol. The molecule has 0 rings (SSSR count). The molecule has 0 bridgehead atoms. The minimum atomic E-state index is -1.33. The summed E-state index contributed by atoms with van der Waals surface area (Å²) in [7, 11) is 7.26. The Bertz CT molecular complexity index is 2580. The number of unbranched alkanes of at least 4 members (excludes halogenated alkanes) is 45. The highest BCUT2D eigenvalue weighted by Crippen LogP contribution is 2.23. The van der Waals surface area contributed by atoms with Crippen molar-refractivity contribution in [1.82, 2.24) is 53.5 Å². The van der Waals surface area contributed by atoms with Gasteiger partial charge in [-0.1, -0.05) is 355 Å². The maximum atomic E-state index is 13.8. The number of carbonyl (C=O) groups is 10. The lowest BCUT2D eigenvalue weighted by Gasteiger charge is -2.21. The highest BCUT2D eigenvalue weighted by atomic mass is 33.1. The van der Waals surface area contributed by atoms with E-state index in [1.165, 1.54) is 315 Å². The summed E-state index contributed by atoms with van der Waals surface area (Å²) < 4.78 is 0. The Morgan fingerprint density at radius 3 is 0.765 bits per heavy atom. The molecule has 14 N–H and O–H groups in total. The van der Waals surface area contributed by atoms with Crippen molar-refractivity contribution in [1.29, 1.82) is 0 Å². The number of nitrogens with one attached hydrogen (secondary N) is 10. The van der Waals surface area contributed by atoms with Crippen LogP contribution in [0.4, 0.5) is 0 Å². The second-order valence-electron chi connectivity index (χ2n) is 29.6. The molecule has 0 unspecified atom stereocenters. The van der Waals surface area contributed by atoms with E-state index in [0.717, 1.165) is 57.8 Å². The third kappa shape index (κ3) is 82.6. The zero-order valence-corrected chi connectivity index (χ0v) is 76.0. The van der Waals surface area contributed by atoms with Crippen LogP contribution in [0.5, 0.6) is 0 Å². The van der Waals surface area contributed by atoms with Gasteiger partial charge >= 0.3 is 0 Å². The molecule has 2 atom stereocenters. The van der Waals surface area contributed by atoms with E-state index in [2.05, 4.69) is 94.6 Å². The molecule has 0 radical (unpaired) electrons. The van der Waals surface area contributed by atoms with Gasteiger partial charge in [-0.05, 0) is 51.4 Å². The van der Waals surface area contributed by atoms with Crippen LogP contribution in [-0.2, 0) is 47.9 Å². The summed E-state index contributed by atoms with van der Waals surface area (Å²) in [4.78, 5) is 132. The summed E-state index contributed by atoms with van der Waals surface area (Å²) in [6.07, 6.45) is 65.2. The van der Waals surface area contributed by atoms with Gasteiger partial charge in [0.05, 0.1) is 34.5 Å². The van der Waals surface area contributed by atoms with Gasteiger partial charge in [-0.15, -0.1) is 0 Å². The summed E-state index contributed by atoms with van der Waals surface area (Å²) in [6.45, 7) is 7.06. The summed E-state index contributed by atoms with van der Waals surface area (Å²) in [6, 6.07) is -2.64.